The van der Waals surface area contributed by atoms with E-state index < -0.39 is 10.8 Å². The number of aryl methyl sites for hydroxylation is 1. The van der Waals surface area contributed by atoms with Gasteiger partial charge in [-0.15, -0.1) is 0 Å². The molecular formula is C14H19N3OS. The minimum atomic E-state index is -0.826. The highest BCUT2D eigenvalue weighted by Crippen LogP contribution is 2.28. The van der Waals surface area contributed by atoms with E-state index in [-0.39, 0.29) is 5.25 Å². The first-order valence-corrected chi connectivity index (χ1v) is 7.82. The number of hydrogen-bond donors (Lipinski definition) is 2. The molecule has 0 radical (unpaired) electrons. The third-order valence-corrected chi connectivity index (χ3v) is 4.52. The largest absolute Gasteiger partial charge is 0.398 e. The van der Waals surface area contributed by atoms with Crippen molar-refractivity contribution in [2.24, 2.45) is 0 Å². The Balaban J connectivity index is 2.35. The van der Waals surface area contributed by atoms with Gasteiger partial charge in [0.25, 0.3) is 0 Å². The van der Waals surface area contributed by atoms with E-state index in [1.807, 2.05) is 32.0 Å². The second kappa shape index (κ2) is 5.57. The van der Waals surface area contributed by atoms with Gasteiger partial charge >= 0.3 is 0 Å². The van der Waals surface area contributed by atoms with Gasteiger partial charge in [-0.2, -0.15) is 0 Å². The van der Waals surface area contributed by atoms with Crippen LogP contribution in [0, 0.1) is 6.92 Å². The molecule has 1 aromatic carbocycles. The summed E-state index contributed by atoms with van der Waals surface area (Å²) in [7, 11) is -0.826. The summed E-state index contributed by atoms with van der Waals surface area (Å²) < 4.78 is 11.4. The van der Waals surface area contributed by atoms with Gasteiger partial charge in [0.2, 0.25) is 0 Å². The van der Waals surface area contributed by atoms with Crippen molar-refractivity contribution in [3.05, 3.63) is 30.1 Å². The number of pyridine rings is 1. The van der Waals surface area contributed by atoms with Crippen molar-refractivity contribution >= 4 is 32.9 Å². The van der Waals surface area contributed by atoms with Crippen LogP contribution in [-0.4, -0.2) is 27.2 Å². The van der Waals surface area contributed by atoms with Crippen LogP contribution in [0.1, 0.15) is 12.6 Å². The Morgan fingerprint density at radius 2 is 2.16 bits per heavy atom. The lowest BCUT2D eigenvalue weighted by Crippen LogP contribution is -2.20. The maximum absolute atomic E-state index is 11.4. The first kappa shape index (κ1) is 13.8. The standard InChI is InChI=1S/C14H19N3OS/c1-9-6-11-12(8-16-9)13(15)4-5-14(11)17-7-10(2)19(3)18/h4-6,8,10,17H,7,15H2,1-3H3. The Labute approximate surface area is 115 Å². The van der Waals surface area contributed by atoms with Gasteiger partial charge in [-0.1, -0.05) is 0 Å². The summed E-state index contributed by atoms with van der Waals surface area (Å²) >= 11 is 0. The number of nitrogens with zero attached hydrogens (tertiary/aromatic N) is 1. The molecule has 0 amide bonds. The van der Waals surface area contributed by atoms with E-state index in [4.69, 9.17) is 5.73 Å². The maximum atomic E-state index is 11.4. The van der Waals surface area contributed by atoms with Gasteiger partial charge in [-0.25, -0.2) is 0 Å². The molecule has 102 valence electrons. The van der Waals surface area contributed by atoms with Gasteiger partial charge in [0.1, 0.15) is 0 Å². The number of aromatic nitrogens is 1. The van der Waals surface area contributed by atoms with Crippen LogP contribution in [0.2, 0.25) is 0 Å². The molecule has 5 heteroatoms. The van der Waals surface area contributed by atoms with Gasteiger partial charge in [0, 0.05) is 62.9 Å². The van der Waals surface area contributed by atoms with Gasteiger partial charge in [-0.05, 0) is 32.0 Å². The van der Waals surface area contributed by atoms with Crippen LogP contribution in [0.15, 0.2) is 24.4 Å². The molecule has 19 heavy (non-hydrogen) atoms. The van der Waals surface area contributed by atoms with Crippen LogP contribution in [-0.2, 0) is 10.8 Å². The molecule has 4 nitrogen and oxygen atoms in total. The lowest BCUT2D eigenvalue weighted by atomic mass is 10.1. The Kier molecular flexibility index (Phi) is 4.04. The van der Waals surface area contributed by atoms with Crippen LogP contribution >= 0.6 is 0 Å². The van der Waals surface area contributed by atoms with Crippen molar-refractivity contribution < 1.29 is 4.21 Å². The number of nitrogen functional groups attached to an aromatic ring is 1. The highest BCUT2D eigenvalue weighted by molar-refractivity contribution is 7.84. The number of benzene rings is 1. The molecule has 2 aromatic rings. The molecule has 1 aromatic heterocycles. The average molecular weight is 277 g/mol. The lowest BCUT2D eigenvalue weighted by molar-refractivity contribution is 0.679. The molecule has 2 atom stereocenters. The number of nitrogens with one attached hydrogen (secondary N) is 1. The number of nitrogens with two attached hydrogens (primary N) is 1. The Morgan fingerprint density at radius 3 is 2.84 bits per heavy atom. The Bertz CT molecular complexity index is 627. The third-order valence-electron chi connectivity index (χ3n) is 3.22. The second-order valence-electron chi connectivity index (χ2n) is 4.76. The van der Waals surface area contributed by atoms with Gasteiger partial charge in [-0.3, -0.25) is 9.19 Å². The molecule has 0 aliphatic heterocycles. The smallest absolute Gasteiger partial charge is 0.0489 e. The second-order valence-corrected chi connectivity index (χ2v) is 6.57. The fourth-order valence-corrected chi connectivity index (χ4v) is 2.21. The minimum absolute atomic E-state index is 0.107. The fraction of sp³-hybridized carbons (Fsp3) is 0.357. The predicted octanol–water partition coefficient (Wildman–Crippen LogP) is 2.30. The van der Waals surface area contributed by atoms with E-state index in [0.717, 1.165) is 27.8 Å². The molecule has 2 unspecified atom stereocenters. The molecule has 0 saturated carbocycles. The number of rotatable bonds is 4. The maximum Gasteiger partial charge on any atom is 0.0489 e. The minimum Gasteiger partial charge on any atom is -0.398 e. The summed E-state index contributed by atoms with van der Waals surface area (Å²) in [4.78, 5) is 4.28. The van der Waals surface area contributed by atoms with Crippen molar-refractivity contribution in [2.75, 3.05) is 23.9 Å². The topological polar surface area (TPSA) is 68.0 Å². The zero-order valence-corrected chi connectivity index (χ0v) is 12.3. The monoisotopic (exact) mass is 277 g/mol. The number of fused-ring (bicyclic) bond motifs is 1. The Hall–Kier alpha value is -1.62. The van der Waals surface area contributed by atoms with E-state index in [1.54, 1.807) is 12.5 Å². The average Bonchev–Trinajstić information content (AvgIpc) is 2.37. The van der Waals surface area contributed by atoms with Gasteiger partial charge in [0.05, 0.1) is 0 Å². The van der Waals surface area contributed by atoms with E-state index in [0.29, 0.717) is 6.54 Å². The molecular weight excluding hydrogens is 258 g/mol. The molecule has 0 saturated heterocycles. The van der Waals surface area contributed by atoms with Crippen molar-refractivity contribution in [3.8, 4) is 0 Å². The Morgan fingerprint density at radius 1 is 1.42 bits per heavy atom. The van der Waals surface area contributed by atoms with Crippen molar-refractivity contribution in [1.29, 1.82) is 0 Å². The molecule has 1 heterocycles. The van der Waals surface area contributed by atoms with Crippen LogP contribution in [0.4, 0.5) is 11.4 Å². The third kappa shape index (κ3) is 3.04. The predicted molar refractivity (Wildman–Crippen MR) is 82.9 cm³/mol. The normalized spacial score (nSPS) is 14.3. The first-order chi connectivity index (χ1) is 8.99. The van der Waals surface area contributed by atoms with Gasteiger partial charge in [0.15, 0.2) is 0 Å². The summed E-state index contributed by atoms with van der Waals surface area (Å²) in [5, 5.41) is 5.46. The summed E-state index contributed by atoms with van der Waals surface area (Å²) in [6.07, 6.45) is 3.52. The fourth-order valence-electron chi connectivity index (χ4n) is 1.89. The molecule has 2 rings (SSSR count). The van der Waals surface area contributed by atoms with E-state index in [2.05, 4.69) is 10.3 Å². The molecule has 0 bridgehead atoms. The van der Waals surface area contributed by atoms with Crippen LogP contribution < -0.4 is 11.1 Å². The highest BCUT2D eigenvalue weighted by atomic mass is 32.2. The molecule has 0 fully saturated rings. The lowest BCUT2D eigenvalue weighted by Gasteiger charge is -2.14. The van der Waals surface area contributed by atoms with Crippen LogP contribution in [0.3, 0.4) is 0 Å². The van der Waals surface area contributed by atoms with Crippen LogP contribution in [0.25, 0.3) is 10.8 Å². The zero-order chi connectivity index (χ0) is 14.0. The van der Waals surface area contributed by atoms with Crippen molar-refractivity contribution in [2.45, 2.75) is 19.1 Å². The molecule has 0 spiro atoms. The van der Waals surface area contributed by atoms with Gasteiger partial charge < -0.3 is 11.1 Å². The van der Waals surface area contributed by atoms with Crippen molar-refractivity contribution in [1.82, 2.24) is 4.98 Å². The van der Waals surface area contributed by atoms with E-state index in [9.17, 15) is 4.21 Å². The number of anilines is 2. The highest BCUT2D eigenvalue weighted by Gasteiger charge is 2.09. The zero-order valence-electron chi connectivity index (χ0n) is 11.4. The quantitative estimate of drug-likeness (QED) is 0.842. The summed E-state index contributed by atoms with van der Waals surface area (Å²) in [6.45, 7) is 4.59. The van der Waals surface area contributed by atoms with Crippen LogP contribution in [0.5, 0.6) is 0 Å². The summed E-state index contributed by atoms with van der Waals surface area (Å²) in [6, 6.07) is 5.85. The van der Waals surface area contributed by atoms with Crippen molar-refractivity contribution in [3.63, 3.8) is 0 Å². The summed E-state index contributed by atoms with van der Waals surface area (Å²) in [5.74, 6) is 0. The molecule has 3 N–H and O–H groups in total. The first-order valence-electron chi connectivity index (χ1n) is 6.20. The van der Waals surface area contributed by atoms with E-state index >= 15 is 0 Å². The molecule has 0 aliphatic carbocycles. The summed E-state index contributed by atoms with van der Waals surface area (Å²) in [5.41, 5.74) is 8.64. The SMILES string of the molecule is Cc1cc2c(NCC(C)S(C)=O)ccc(N)c2cn1. The number of hydrogen-bond acceptors (Lipinski definition) is 4. The molecule has 0 aliphatic rings. The van der Waals surface area contributed by atoms with E-state index in [1.165, 1.54) is 0 Å².